The summed E-state index contributed by atoms with van der Waals surface area (Å²) in [6.07, 6.45) is 4.87. The highest BCUT2D eigenvalue weighted by Gasteiger charge is 2.19. The molecule has 0 radical (unpaired) electrons. The number of methoxy groups -OCH3 is 1. The molecule has 0 unspecified atom stereocenters. The van der Waals surface area contributed by atoms with E-state index in [1.165, 1.54) is 26.0 Å². The zero-order valence-corrected chi connectivity index (χ0v) is 14.4. The number of anilines is 1. The number of ether oxygens (including phenoxy) is 2. The van der Waals surface area contributed by atoms with Crippen LogP contribution in [0.1, 0.15) is 25.7 Å². The molecular weight excluding hydrogens is 326 g/mol. The van der Waals surface area contributed by atoms with E-state index in [-0.39, 0.29) is 11.0 Å². The maximum absolute atomic E-state index is 12.5. The van der Waals surface area contributed by atoms with Crippen LogP contribution in [0, 0.1) is 0 Å². The summed E-state index contributed by atoms with van der Waals surface area (Å²) in [5.41, 5.74) is 0.486. The smallest absolute Gasteiger partial charge is 0.265 e. The van der Waals surface area contributed by atoms with E-state index in [0.29, 0.717) is 11.4 Å². The molecule has 2 aromatic carbocycles. The second-order valence-corrected chi connectivity index (χ2v) is 7.46. The third-order valence-corrected chi connectivity index (χ3v) is 5.49. The molecule has 0 bridgehead atoms. The van der Waals surface area contributed by atoms with Gasteiger partial charge < -0.3 is 9.47 Å². The topological polar surface area (TPSA) is 64.6 Å². The fourth-order valence-corrected chi connectivity index (χ4v) is 4.08. The first kappa shape index (κ1) is 16.6. The highest BCUT2D eigenvalue weighted by molar-refractivity contribution is 7.92. The molecule has 24 heavy (non-hydrogen) atoms. The fraction of sp³-hybridized carbons (Fsp3) is 0.333. The lowest BCUT2D eigenvalue weighted by molar-refractivity contribution is 0.210. The van der Waals surface area contributed by atoms with Gasteiger partial charge in [-0.15, -0.1) is 0 Å². The molecule has 0 amide bonds. The van der Waals surface area contributed by atoms with Crippen molar-refractivity contribution in [1.29, 1.82) is 0 Å². The molecule has 2 aromatic rings. The molecule has 0 atom stereocenters. The Balaban J connectivity index is 1.72. The van der Waals surface area contributed by atoms with Gasteiger partial charge >= 0.3 is 0 Å². The summed E-state index contributed by atoms with van der Waals surface area (Å²) in [6.45, 7) is 0. The number of benzene rings is 2. The molecule has 1 aliphatic rings. The van der Waals surface area contributed by atoms with Gasteiger partial charge in [0.1, 0.15) is 16.4 Å². The Kier molecular flexibility index (Phi) is 4.94. The van der Waals surface area contributed by atoms with Crippen molar-refractivity contribution in [1.82, 2.24) is 0 Å². The van der Waals surface area contributed by atoms with Crippen molar-refractivity contribution < 1.29 is 17.9 Å². The quantitative estimate of drug-likeness (QED) is 0.863. The lowest BCUT2D eigenvalue weighted by atomic mass is 10.3. The molecule has 1 fully saturated rings. The van der Waals surface area contributed by atoms with Gasteiger partial charge in [-0.3, -0.25) is 4.72 Å². The summed E-state index contributed by atoms with van der Waals surface area (Å²) in [7, 11) is -2.26. The zero-order valence-electron chi connectivity index (χ0n) is 13.6. The number of nitrogens with one attached hydrogen (secondary N) is 1. The minimum atomic E-state index is -3.71. The van der Waals surface area contributed by atoms with E-state index in [9.17, 15) is 8.42 Å². The van der Waals surface area contributed by atoms with Crippen LogP contribution >= 0.6 is 0 Å². The van der Waals surface area contributed by atoms with Crippen molar-refractivity contribution >= 4 is 15.7 Å². The van der Waals surface area contributed by atoms with Crippen LogP contribution in [0.2, 0.25) is 0 Å². The van der Waals surface area contributed by atoms with Gasteiger partial charge in [0.2, 0.25) is 0 Å². The number of hydrogen-bond acceptors (Lipinski definition) is 4. The third kappa shape index (κ3) is 3.82. The van der Waals surface area contributed by atoms with E-state index < -0.39 is 10.0 Å². The molecule has 5 nitrogen and oxygen atoms in total. The Morgan fingerprint density at radius 2 is 1.67 bits per heavy atom. The zero-order chi connectivity index (χ0) is 17.0. The van der Waals surface area contributed by atoms with Crippen LogP contribution < -0.4 is 14.2 Å². The lowest BCUT2D eigenvalue weighted by Crippen LogP contribution is -2.14. The van der Waals surface area contributed by atoms with Crippen LogP contribution in [0.3, 0.4) is 0 Å². The van der Waals surface area contributed by atoms with Crippen molar-refractivity contribution in [2.45, 2.75) is 36.7 Å². The largest absolute Gasteiger partial charge is 0.495 e. The van der Waals surface area contributed by atoms with E-state index >= 15 is 0 Å². The minimum absolute atomic E-state index is 0.110. The summed E-state index contributed by atoms with van der Waals surface area (Å²) < 4.78 is 38.6. The molecule has 6 heteroatoms. The summed E-state index contributed by atoms with van der Waals surface area (Å²) in [5, 5.41) is 0. The minimum Gasteiger partial charge on any atom is -0.495 e. The van der Waals surface area contributed by atoms with Crippen LogP contribution in [0.25, 0.3) is 0 Å². The highest BCUT2D eigenvalue weighted by Crippen LogP contribution is 2.27. The molecule has 128 valence electrons. The third-order valence-electron chi connectivity index (χ3n) is 4.07. The van der Waals surface area contributed by atoms with Gasteiger partial charge in [-0.2, -0.15) is 0 Å². The van der Waals surface area contributed by atoms with E-state index in [2.05, 4.69) is 4.72 Å². The molecule has 0 spiro atoms. The Hall–Kier alpha value is -2.21. The number of para-hydroxylation sites is 1. The molecular formula is C18H21NO4S. The Bertz CT molecular complexity index is 781. The van der Waals surface area contributed by atoms with Gasteiger partial charge in [0, 0.05) is 5.69 Å². The van der Waals surface area contributed by atoms with E-state index in [1.807, 2.05) is 0 Å². The molecule has 1 aliphatic carbocycles. The van der Waals surface area contributed by atoms with Crippen molar-refractivity contribution in [3.05, 3.63) is 48.5 Å². The molecule has 3 rings (SSSR count). The number of rotatable bonds is 6. The molecule has 0 saturated heterocycles. The fourth-order valence-electron chi connectivity index (χ4n) is 2.85. The molecule has 1 saturated carbocycles. The van der Waals surface area contributed by atoms with Crippen LogP contribution in [-0.2, 0) is 10.0 Å². The van der Waals surface area contributed by atoms with Crippen molar-refractivity contribution in [3.8, 4) is 11.5 Å². The molecule has 0 heterocycles. The van der Waals surface area contributed by atoms with Crippen LogP contribution in [0.15, 0.2) is 53.4 Å². The van der Waals surface area contributed by atoms with Crippen molar-refractivity contribution in [3.63, 3.8) is 0 Å². The monoisotopic (exact) mass is 347 g/mol. The summed E-state index contributed by atoms with van der Waals surface area (Å²) in [5.74, 6) is 1.08. The Morgan fingerprint density at radius 1 is 1.00 bits per heavy atom. The highest BCUT2D eigenvalue weighted by atomic mass is 32.2. The summed E-state index contributed by atoms with van der Waals surface area (Å²) in [6, 6.07) is 13.5. The predicted octanol–water partition coefficient (Wildman–Crippen LogP) is 3.82. The summed E-state index contributed by atoms with van der Waals surface area (Å²) >= 11 is 0. The van der Waals surface area contributed by atoms with E-state index in [1.54, 1.807) is 42.5 Å². The normalized spacial score (nSPS) is 15.2. The van der Waals surface area contributed by atoms with E-state index in [0.717, 1.165) is 18.6 Å². The SMILES string of the molecule is COc1ccccc1S(=O)(=O)Nc1ccc(OC2CCCC2)cc1. The molecule has 0 aliphatic heterocycles. The maximum Gasteiger partial charge on any atom is 0.265 e. The molecule has 1 N–H and O–H groups in total. The number of sulfonamides is 1. The van der Waals surface area contributed by atoms with Gasteiger partial charge in [-0.1, -0.05) is 12.1 Å². The maximum atomic E-state index is 12.5. The second kappa shape index (κ2) is 7.13. The van der Waals surface area contributed by atoms with Crippen molar-refractivity contribution in [2.24, 2.45) is 0 Å². The van der Waals surface area contributed by atoms with Gasteiger partial charge in [-0.25, -0.2) is 8.42 Å². The average molecular weight is 347 g/mol. The first-order valence-corrected chi connectivity index (χ1v) is 9.49. The first-order chi connectivity index (χ1) is 11.6. The molecule has 0 aromatic heterocycles. The summed E-state index contributed by atoms with van der Waals surface area (Å²) in [4.78, 5) is 0.110. The van der Waals surface area contributed by atoms with Crippen LogP contribution in [0.5, 0.6) is 11.5 Å². The Labute approximate surface area is 142 Å². The Morgan fingerprint density at radius 3 is 2.33 bits per heavy atom. The number of hydrogen-bond donors (Lipinski definition) is 1. The van der Waals surface area contributed by atoms with E-state index in [4.69, 9.17) is 9.47 Å². The second-order valence-electron chi connectivity index (χ2n) is 5.81. The first-order valence-electron chi connectivity index (χ1n) is 8.01. The lowest BCUT2D eigenvalue weighted by Gasteiger charge is -2.14. The predicted molar refractivity (Wildman–Crippen MR) is 93.1 cm³/mol. The van der Waals surface area contributed by atoms with Gasteiger partial charge in [0.05, 0.1) is 13.2 Å². The standard InChI is InChI=1S/C18H21NO4S/c1-22-17-8-4-5-9-18(17)24(20,21)19-14-10-12-16(13-11-14)23-15-6-2-3-7-15/h4-5,8-13,15,19H,2-3,6-7H2,1H3. The van der Waals surface area contributed by atoms with Crippen LogP contribution in [0.4, 0.5) is 5.69 Å². The average Bonchev–Trinajstić information content (AvgIpc) is 3.09. The van der Waals surface area contributed by atoms with Crippen molar-refractivity contribution in [2.75, 3.05) is 11.8 Å². The van der Waals surface area contributed by atoms with Crippen LogP contribution in [-0.4, -0.2) is 21.6 Å². The van der Waals surface area contributed by atoms with Gasteiger partial charge in [-0.05, 0) is 62.1 Å². The van der Waals surface area contributed by atoms with Gasteiger partial charge in [0.15, 0.2) is 0 Å². The van der Waals surface area contributed by atoms with Gasteiger partial charge in [0.25, 0.3) is 10.0 Å².